The van der Waals surface area contributed by atoms with E-state index in [0.717, 1.165) is 29.8 Å². The zero-order chi connectivity index (χ0) is 36.0. The third-order valence-corrected chi connectivity index (χ3v) is 5.97. The van der Waals surface area contributed by atoms with E-state index in [1.165, 1.54) is 38.7 Å². The van der Waals surface area contributed by atoms with Crippen molar-refractivity contribution >= 4 is 40.6 Å². The molecule has 0 aliphatic carbocycles. The molecule has 1 aliphatic rings. The van der Waals surface area contributed by atoms with E-state index in [-0.39, 0.29) is 43.9 Å². The summed E-state index contributed by atoms with van der Waals surface area (Å²) in [5.41, 5.74) is 4.52. The first-order chi connectivity index (χ1) is 22.2. The molecule has 0 unspecified atom stereocenters. The lowest BCUT2D eigenvalue weighted by atomic mass is 10.1. The lowest BCUT2D eigenvalue weighted by molar-refractivity contribution is -0.129. The maximum Gasteiger partial charge on any atom is 0.335 e. The predicted octanol–water partition coefficient (Wildman–Crippen LogP) is 7.98. The lowest BCUT2D eigenvalue weighted by Gasteiger charge is -2.24. The number of likely N-dealkylation sites (tertiary alicyclic amines) is 1. The van der Waals surface area contributed by atoms with Gasteiger partial charge in [0.05, 0.1) is 0 Å². The molecule has 1 aliphatic heterocycles. The Kier molecular flexibility index (Phi) is 35.2. The van der Waals surface area contributed by atoms with Gasteiger partial charge >= 0.3 is 11.6 Å². The maximum absolute atomic E-state index is 10.7. The number of carbonyl (C=O) groups is 5. The average Bonchev–Trinajstić information content (AvgIpc) is 3.00. The Morgan fingerprint density at radius 1 is 0.531 bits per heavy atom. The van der Waals surface area contributed by atoms with Crippen molar-refractivity contribution in [2.75, 3.05) is 13.1 Å². The van der Waals surface area contributed by atoms with E-state index in [0.29, 0.717) is 19.3 Å². The second-order valence-electron chi connectivity index (χ2n) is 11.1. The van der Waals surface area contributed by atoms with Gasteiger partial charge in [0.25, 0.3) is 0 Å². The van der Waals surface area contributed by atoms with E-state index < -0.39 is 11.6 Å². The van der Waals surface area contributed by atoms with Gasteiger partial charge in [-0.2, -0.15) is 8.42 Å². The van der Waals surface area contributed by atoms with Crippen molar-refractivity contribution in [1.29, 1.82) is 0 Å². The van der Waals surface area contributed by atoms with Gasteiger partial charge in [-0.15, -0.1) is 0 Å². The minimum atomic E-state index is -0.750. The van der Waals surface area contributed by atoms with Crippen molar-refractivity contribution in [2.45, 2.75) is 102 Å². The highest BCUT2D eigenvalue weighted by molar-refractivity contribution is 7.51. The molecular weight excluding hydrogens is 639 g/mol. The Labute approximate surface area is 299 Å². The molecule has 0 saturated carbocycles. The number of ketones is 4. The van der Waals surface area contributed by atoms with Gasteiger partial charge in [0, 0.05) is 39.3 Å². The summed E-state index contributed by atoms with van der Waals surface area (Å²) in [6.07, 6.45) is 5.35. The summed E-state index contributed by atoms with van der Waals surface area (Å²) >= 11 is -0.750. The van der Waals surface area contributed by atoms with Gasteiger partial charge in [0.2, 0.25) is 5.91 Å². The summed E-state index contributed by atoms with van der Waals surface area (Å²) in [5, 5.41) is 0. The number of nitrogens with zero attached hydrogens (tertiary/aromatic N) is 1. The van der Waals surface area contributed by atoms with Gasteiger partial charge in [-0.1, -0.05) is 105 Å². The van der Waals surface area contributed by atoms with Gasteiger partial charge in [0.1, 0.15) is 23.1 Å². The van der Waals surface area contributed by atoms with E-state index in [1.807, 2.05) is 96.8 Å². The van der Waals surface area contributed by atoms with E-state index in [9.17, 15) is 24.0 Å². The first-order valence-corrected chi connectivity index (χ1v) is 16.1. The first-order valence-electron chi connectivity index (χ1n) is 15.5. The zero-order valence-electron chi connectivity index (χ0n) is 29.0. The van der Waals surface area contributed by atoms with E-state index in [4.69, 9.17) is 8.42 Å². The molecule has 4 rings (SSSR count). The van der Waals surface area contributed by atoms with Crippen LogP contribution in [0, 0.1) is 6.92 Å². The molecule has 9 heteroatoms. The fraction of sp³-hybridized carbons (Fsp3) is 0.425. The Morgan fingerprint density at radius 3 is 1.06 bits per heavy atom. The molecule has 0 N–H and O–H groups in total. The van der Waals surface area contributed by atoms with Gasteiger partial charge < -0.3 is 9.69 Å². The van der Waals surface area contributed by atoms with E-state index in [1.54, 1.807) is 27.7 Å². The number of benzene rings is 3. The molecule has 0 spiro atoms. The Balaban J connectivity index is -0.000000256. The van der Waals surface area contributed by atoms with Crippen LogP contribution in [0.1, 0.15) is 97.9 Å². The normalized spacial score (nSPS) is 10.4. The molecule has 1 amide bonds. The SMILES string of the molecule is C.C.CC(=O)Cc1ccc(C)cc1.CC(=O)Cc1ccccc1.CC(=O)Cc1ccccc1.CC(=O)N1CCCCC1.CC(C)=O.O=S=O. The minimum absolute atomic E-state index is 0. The van der Waals surface area contributed by atoms with Crippen LogP contribution in [0.3, 0.4) is 0 Å². The van der Waals surface area contributed by atoms with Crippen molar-refractivity contribution in [3.63, 3.8) is 0 Å². The summed E-state index contributed by atoms with van der Waals surface area (Å²) in [6, 6.07) is 27.6. The number of carbonyl (C=O) groups excluding carboxylic acids is 5. The van der Waals surface area contributed by atoms with Crippen LogP contribution >= 0.6 is 0 Å². The molecule has 3 aromatic carbocycles. The van der Waals surface area contributed by atoms with Gasteiger partial charge in [0.15, 0.2) is 0 Å². The van der Waals surface area contributed by atoms with Gasteiger partial charge in [-0.3, -0.25) is 19.2 Å². The zero-order valence-corrected chi connectivity index (χ0v) is 29.8. The lowest BCUT2D eigenvalue weighted by Crippen LogP contribution is -2.33. The largest absolute Gasteiger partial charge is 0.343 e. The third kappa shape index (κ3) is 36.3. The van der Waals surface area contributed by atoms with Crippen molar-refractivity contribution in [1.82, 2.24) is 4.90 Å². The third-order valence-electron chi connectivity index (χ3n) is 5.97. The standard InChI is InChI=1S/C10H12O.2C9H10O.C7H13NO.C3H6O.2CH4.O2S/c1-8-3-5-10(6-4-8)7-9(2)11;2*1-8(10)7-9-5-3-2-4-6-9;1-7(9)8-5-3-2-4-6-8;1-3(2)4;;;1-3-2/h3-6H,7H2,1-2H3;2*2-6H,7H2,1H3;2-6H2,1H3;1-2H3;2*1H4;. The van der Waals surface area contributed by atoms with Crippen molar-refractivity contribution < 1.29 is 32.4 Å². The van der Waals surface area contributed by atoms with Crippen LogP contribution in [0.2, 0.25) is 0 Å². The molecule has 8 nitrogen and oxygen atoms in total. The molecule has 0 radical (unpaired) electrons. The van der Waals surface area contributed by atoms with Crippen LogP contribution in [0.4, 0.5) is 0 Å². The second-order valence-corrected chi connectivity index (χ2v) is 11.3. The quantitative estimate of drug-likeness (QED) is 0.256. The molecule has 272 valence electrons. The summed E-state index contributed by atoms with van der Waals surface area (Å²) in [4.78, 5) is 54.0. The summed E-state index contributed by atoms with van der Waals surface area (Å²) in [7, 11) is 0. The molecule has 1 fully saturated rings. The van der Waals surface area contributed by atoms with Crippen molar-refractivity contribution in [3.05, 3.63) is 107 Å². The highest BCUT2D eigenvalue weighted by Crippen LogP contribution is 2.08. The number of hydrogen-bond acceptors (Lipinski definition) is 7. The molecule has 1 saturated heterocycles. The molecule has 0 aromatic heterocycles. The predicted molar refractivity (Wildman–Crippen MR) is 202 cm³/mol. The second kappa shape index (κ2) is 33.5. The number of amides is 1. The molecule has 3 aromatic rings. The number of piperidine rings is 1. The Bertz CT molecular complexity index is 1290. The fourth-order valence-electron chi connectivity index (χ4n) is 3.97. The molecule has 1 heterocycles. The summed E-state index contributed by atoms with van der Waals surface area (Å²) in [5.74, 6) is 1.04. The number of Topliss-reactive ketones (excluding diaryl/α,β-unsaturated/α-hetero) is 4. The summed E-state index contributed by atoms with van der Waals surface area (Å²) in [6.45, 7) is 13.5. The van der Waals surface area contributed by atoms with Crippen LogP contribution < -0.4 is 0 Å². The van der Waals surface area contributed by atoms with Crippen LogP contribution in [0.25, 0.3) is 0 Å². The number of aryl methyl sites for hydroxylation is 1. The van der Waals surface area contributed by atoms with Crippen LogP contribution in [0.15, 0.2) is 84.9 Å². The summed E-state index contributed by atoms with van der Waals surface area (Å²) < 4.78 is 16.6. The molecule has 49 heavy (non-hydrogen) atoms. The van der Waals surface area contributed by atoms with Crippen molar-refractivity contribution in [3.8, 4) is 0 Å². The van der Waals surface area contributed by atoms with E-state index in [2.05, 4.69) is 0 Å². The number of rotatable bonds is 6. The maximum atomic E-state index is 10.7. The van der Waals surface area contributed by atoms with Gasteiger partial charge in [-0.05, 0) is 77.5 Å². The molecule has 0 atom stereocenters. The minimum Gasteiger partial charge on any atom is -0.343 e. The van der Waals surface area contributed by atoms with Crippen molar-refractivity contribution in [2.24, 2.45) is 0 Å². The van der Waals surface area contributed by atoms with Crippen LogP contribution in [0.5, 0.6) is 0 Å². The fourth-order valence-corrected chi connectivity index (χ4v) is 3.97. The smallest absolute Gasteiger partial charge is 0.335 e. The highest BCUT2D eigenvalue weighted by Gasteiger charge is 2.11. The van der Waals surface area contributed by atoms with Crippen LogP contribution in [-0.2, 0) is 54.8 Å². The first kappa shape index (κ1) is 51.5. The van der Waals surface area contributed by atoms with Gasteiger partial charge in [-0.25, -0.2) is 0 Å². The topological polar surface area (TPSA) is 123 Å². The number of hydrogen-bond donors (Lipinski definition) is 0. The Hall–Kier alpha value is -4.37. The van der Waals surface area contributed by atoms with Crippen LogP contribution in [-0.4, -0.2) is 55.4 Å². The monoisotopic (exact) mass is 697 g/mol. The molecule has 0 bridgehead atoms. The van der Waals surface area contributed by atoms with E-state index >= 15 is 0 Å². The average molecular weight is 698 g/mol. The molecular formula is C40H59NO7S. The Morgan fingerprint density at radius 2 is 0.816 bits per heavy atom. The highest BCUT2D eigenvalue weighted by atomic mass is 32.1.